The van der Waals surface area contributed by atoms with Crippen LogP contribution in [0.1, 0.15) is 27.2 Å². The molecule has 1 aliphatic rings. The highest BCUT2D eigenvalue weighted by Crippen LogP contribution is 2.22. The summed E-state index contributed by atoms with van der Waals surface area (Å²) in [5, 5.41) is 6.14. The smallest absolute Gasteiger partial charge is 0.264 e. The van der Waals surface area contributed by atoms with Gasteiger partial charge in [-0.05, 0) is 46.8 Å². The first kappa shape index (κ1) is 21.1. The van der Waals surface area contributed by atoms with E-state index >= 15 is 0 Å². The van der Waals surface area contributed by atoms with Crippen LogP contribution in [-0.4, -0.2) is 43.3 Å². The minimum atomic E-state index is -0.315. The summed E-state index contributed by atoms with van der Waals surface area (Å²) in [6.07, 6.45) is 0.361. The third kappa shape index (κ3) is 5.11. The molecule has 2 aromatic carbocycles. The first-order valence-electron chi connectivity index (χ1n) is 10.1. The Labute approximate surface area is 185 Å². The van der Waals surface area contributed by atoms with E-state index in [0.717, 1.165) is 22.5 Å². The Kier molecular flexibility index (Phi) is 6.32. The molecule has 1 aromatic heterocycles. The second-order valence-corrected chi connectivity index (χ2v) is 8.65. The summed E-state index contributed by atoms with van der Waals surface area (Å²) in [6, 6.07) is 18.1. The molecule has 4 rings (SSSR count). The van der Waals surface area contributed by atoms with Crippen molar-refractivity contribution < 1.29 is 14.0 Å². The Hall–Kier alpha value is -3.19. The predicted molar refractivity (Wildman–Crippen MR) is 122 cm³/mol. The van der Waals surface area contributed by atoms with Gasteiger partial charge in [-0.25, -0.2) is 4.39 Å². The Morgan fingerprint density at radius 1 is 1.16 bits per heavy atom. The molecule has 1 unspecified atom stereocenters. The summed E-state index contributed by atoms with van der Waals surface area (Å²) >= 11 is 1.39. The first-order chi connectivity index (χ1) is 15.0. The Morgan fingerprint density at radius 2 is 1.97 bits per heavy atom. The average molecular weight is 438 g/mol. The number of anilines is 1. The summed E-state index contributed by atoms with van der Waals surface area (Å²) in [4.78, 5) is 23.1. The third-order valence-corrected chi connectivity index (χ3v) is 6.01. The van der Waals surface area contributed by atoms with Gasteiger partial charge in [0.2, 0.25) is 0 Å². The lowest BCUT2D eigenvalue weighted by Gasteiger charge is -2.24. The molecule has 0 bridgehead atoms. The number of hydrogen-bond donors (Lipinski definition) is 0. The molecule has 0 fully saturated rings. The van der Waals surface area contributed by atoms with E-state index < -0.39 is 0 Å². The van der Waals surface area contributed by atoms with E-state index in [1.54, 1.807) is 17.0 Å². The summed E-state index contributed by atoms with van der Waals surface area (Å²) in [7, 11) is 4.00. The van der Waals surface area contributed by atoms with E-state index in [0.29, 0.717) is 24.4 Å². The van der Waals surface area contributed by atoms with Crippen molar-refractivity contribution in [2.45, 2.75) is 19.1 Å². The monoisotopic (exact) mass is 437 g/mol. The standard InChI is InChI=1S/C24H24FN3O2S/c1-27(2)20-10-8-18(9-11-20)22-14-21(30-26-22)16-28(24(29)23-7-4-12-31-23)15-17-5-3-6-19(25)13-17/h3-13,21H,14-16H2,1-2H3. The van der Waals surface area contributed by atoms with Crippen molar-refractivity contribution in [3.05, 3.63) is 87.9 Å². The Bertz CT molecular complexity index is 1060. The van der Waals surface area contributed by atoms with E-state index in [1.165, 1.54) is 23.5 Å². The van der Waals surface area contributed by atoms with Gasteiger partial charge in [0.15, 0.2) is 6.10 Å². The van der Waals surface area contributed by atoms with Gasteiger partial charge in [-0.3, -0.25) is 4.79 Å². The number of carbonyl (C=O) groups is 1. The summed E-state index contributed by atoms with van der Waals surface area (Å²) < 4.78 is 13.7. The van der Waals surface area contributed by atoms with Crippen LogP contribution in [0.2, 0.25) is 0 Å². The summed E-state index contributed by atoms with van der Waals surface area (Å²) in [5.74, 6) is -0.406. The van der Waals surface area contributed by atoms with E-state index in [-0.39, 0.29) is 17.8 Å². The molecule has 160 valence electrons. The summed E-state index contributed by atoms with van der Waals surface area (Å²) in [5.41, 5.74) is 3.73. The molecule has 1 aliphatic heterocycles. The number of amides is 1. The fourth-order valence-electron chi connectivity index (χ4n) is 3.53. The number of halogens is 1. The second-order valence-electron chi connectivity index (χ2n) is 7.70. The molecule has 3 aromatic rings. The maximum Gasteiger partial charge on any atom is 0.264 e. The van der Waals surface area contributed by atoms with Gasteiger partial charge in [0.05, 0.1) is 17.1 Å². The zero-order valence-electron chi connectivity index (χ0n) is 17.5. The van der Waals surface area contributed by atoms with Crippen molar-refractivity contribution in [2.75, 3.05) is 25.5 Å². The minimum Gasteiger partial charge on any atom is -0.390 e. The van der Waals surface area contributed by atoms with Crippen LogP contribution >= 0.6 is 11.3 Å². The van der Waals surface area contributed by atoms with Crippen LogP contribution < -0.4 is 4.90 Å². The van der Waals surface area contributed by atoms with Crippen LogP contribution in [0.3, 0.4) is 0 Å². The maximum absolute atomic E-state index is 13.7. The number of oxime groups is 1. The maximum atomic E-state index is 13.7. The Morgan fingerprint density at radius 3 is 2.65 bits per heavy atom. The molecule has 0 N–H and O–H groups in total. The SMILES string of the molecule is CN(C)c1ccc(C2=NOC(CN(Cc3cccc(F)c3)C(=O)c3cccs3)C2)cc1. The topological polar surface area (TPSA) is 45.1 Å². The summed E-state index contributed by atoms with van der Waals surface area (Å²) in [6.45, 7) is 0.678. The molecule has 5 nitrogen and oxygen atoms in total. The number of benzene rings is 2. The Balaban J connectivity index is 1.46. The van der Waals surface area contributed by atoms with Crippen LogP contribution in [0, 0.1) is 5.82 Å². The zero-order chi connectivity index (χ0) is 21.8. The van der Waals surface area contributed by atoms with Crippen molar-refractivity contribution in [3.8, 4) is 0 Å². The molecule has 0 spiro atoms. The number of rotatable bonds is 7. The van der Waals surface area contributed by atoms with Gasteiger partial charge in [-0.15, -0.1) is 11.3 Å². The van der Waals surface area contributed by atoms with E-state index in [2.05, 4.69) is 5.16 Å². The normalized spacial score (nSPS) is 15.3. The van der Waals surface area contributed by atoms with Crippen LogP contribution in [-0.2, 0) is 11.4 Å². The van der Waals surface area contributed by atoms with Crippen molar-refractivity contribution in [2.24, 2.45) is 5.16 Å². The van der Waals surface area contributed by atoms with E-state index in [1.807, 2.05) is 60.8 Å². The minimum absolute atomic E-state index is 0.0911. The van der Waals surface area contributed by atoms with Crippen LogP contribution in [0.4, 0.5) is 10.1 Å². The van der Waals surface area contributed by atoms with Crippen molar-refractivity contribution in [3.63, 3.8) is 0 Å². The first-order valence-corrected chi connectivity index (χ1v) is 11.0. The van der Waals surface area contributed by atoms with Gasteiger partial charge in [-0.2, -0.15) is 0 Å². The molecular weight excluding hydrogens is 413 g/mol. The fraction of sp³-hybridized carbons (Fsp3) is 0.250. The number of nitrogens with zero attached hydrogens (tertiary/aromatic N) is 3. The van der Waals surface area contributed by atoms with E-state index in [4.69, 9.17) is 4.84 Å². The number of hydrogen-bond acceptors (Lipinski definition) is 5. The third-order valence-electron chi connectivity index (χ3n) is 5.16. The largest absolute Gasteiger partial charge is 0.390 e. The fourth-order valence-corrected chi connectivity index (χ4v) is 4.22. The van der Waals surface area contributed by atoms with Gasteiger partial charge in [0, 0.05) is 32.7 Å². The molecule has 1 amide bonds. The molecule has 2 heterocycles. The highest BCUT2D eigenvalue weighted by Gasteiger charge is 2.28. The molecular formula is C24H24FN3O2S. The zero-order valence-corrected chi connectivity index (χ0v) is 18.3. The number of carbonyl (C=O) groups excluding carboxylic acids is 1. The van der Waals surface area contributed by atoms with Crippen molar-refractivity contribution in [1.29, 1.82) is 0 Å². The highest BCUT2D eigenvalue weighted by molar-refractivity contribution is 7.12. The molecule has 0 aliphatic carbocycles. The molecule has 0 radical (unpaired) electrons. The van der Waals surface area contributed by atoms with Gasteiger partial charge in [0.1, 0.15) is 5.82 Å². The van der Waals surface area contributed by atoms with Gasteiger partial charge in [-0.1, -0.05) is 35.5 Å². The lowest BCUT2D eigenvalue weighted by molar-refractivity contribution is 0.0408. The molecule has 1 atom stereocenters. The average Bonchev–Trinajstić information content (AvgIpc) is 3.45. The molecule has 0 saturated carbocycles. The van der Waals surface area contributed by atoms with Crippen molar-refractivity contribution >= 4 is 28.6 Å². The van der Waals surface area contributed by atoms with E-state index in [9.17, 15) is 9.18 Å². The molecule has 0 saturated heterocycles. The molecule has 31 heavy (non-hydrogen) atoms. The van der Waals surface area contributed by atoms with Crippen LogP contribution in [0.25, 0.3) is 0 Å². The lowest BCUT2D eigenvalue weighted by atomic mass is 10.0. The highest BCUT2D eigenvalue weighted by atomic mass is 32.1. The van der Waals surface area contributed by atoms with Crippen molar-refractivity contribution in [1.82, 2.24) is 4.90 Å². The van der Waals surface area contributed by atoms with Gasteiger partial charge >= 0.3 is 0 Å². The predicted octanol–water partition coefficient (Wildman–Crippen LogP) is 4.79. The van der Waals surface area contributed by atoms with Gasteiger partial charge in [0.25, 0.3) is 5.91 Å². The molecule has 7 heteroatoms. The lowest BCUT2D eigenvalue weighted by Crippen LogP contribution is -2.37. The second kappa shape index (κ2) is 9.31. The van der Waals surface area contributed by atoms with Crippen LogP contribution in [0.5, 0.6) is 0 Å². The quantitative estimate of drug-likeness (QED) is 0.534. The van der Waals surface area contributed by atoms with Gasteiger partial charge < -0.3 is 14.6 Å². The van der Waals surface area contributed by atoms with Crippen LogP contribution in [0.15, 0.2) is 71.2 Å². The number of thiophene rings is 1.